The van der Waals surface area contributed by atoms with E-state index in [1.54, 1.807) is 19.1 Å². The first-order valence-electron chi connectivity index (χ1n) is 6.51. The number of H-pyrrole nitrogens is 1. The summed E-state index contributed by atoms with van der Waals surface area (Å²) in [6, 6.07) is 3.45. The molecule has 1 fully saturated rings. The highest BCUT2D eigenvalue weighted by Crippen LogP contribution is 2.66. The lowest BCUT2D eigenvalue weighted by Gasteiger charge is -2.05. The van der Waals surface area contributed by atoms with Crippen LogP contribution in [0.1, 0.15) is 18.9 Å². The smallest absolute Gasteiger partial charge is 0.272 e. The van der Waals surface area contributed by atoms with Gasteiger partial charge in [-0.2, -0.15) is 0 Å². The average molecular weight is 450 g/mol. The minimum Gasteiger partial charge on any atom is -0.493 e. The van der Waals surface area contributed by atoms with Crippen molar-refractivity contribution < 1.29 is 9.90 Å². The molecule has 1 aliphatic rings. The molecule has 1 heterocycles. The van der Waals surface area contributed by atoms with E-state index in [1.807, 2.05) is 6.92 Å². The maximum Gasteiger partial charge on any atom is 0.272 e. The van der Waals surface area contributed by atoms with Crippen LogP contribution in [0.15, 0.2) is 22.4 Å². The van der Waals surface area contributed by atoms with Gasteiger partial charge in [0.25, 0.3) is 5.91 Å². The number of nitrogens with one attached hydrogen (secondary N) is 1. The normalized spacial score (nSPS) is 23.3. The van der Waals surface area contributed by atoms with Crippen molar-refractivity contribution in [2.75, 3.05) is 0 Å². The number of aromatic hydroxyl groups is 1. The number of halogens is 3. The Morgan fingerprint density at radius 3 is 2.68 bits per heavy atom. The van der Waals surface area contributed by atoms with Crippen LogP contribution in [-0.2, 0) is 4.79 Å². The number of carbonyl (C=O) groups excluding carboxylic acids is 1. The Bertz CT molecular complexity index is 831. The van der Waals surface area contributed by atoms with Crippen molar-refractivity contribution in [2.45, 2.75) is 23.5 Å². The third kappa shape index (κ3) is 2.30. The van der Waals surface area contributed by atoms with E-state index in [0.717, 1.165) is 5.56 Å². The van der Waals surface area contributed by atoms with Crippen LogP contribution < -0.4 is 0 Å². The molecule has 2 N–H and O–H groups in total. The van der Waals surface area contributed by atoms with Gasteiger partial charge >= 0.3 is 0 Å². The molecule has 22 heavy (non-hydrogen) atoms. The van der Waals surface area contributed by atoms with E-state index in [1.165, 1.54) is 0 Å². The van der Waals surface area contributed by atoms with Gasteiger partial charge in [-0.15, -0.1) is 10.2 Å². The Morgan fingerprint density at radius 2 is 2.09 bits per heavy atom. The van der Waals surface area contributed by atoms with Gasteiger partial charge in [-0.05, 0) is 38.0 Å². The first kappa shape index (κ1) is 16.0. The van der Waals surface area contributed by atoms with Gasteiger partial charge in [0.2, 0.25) is 5.88 Å². The van der Waals surface area contributed by atoms with Gasteiger partial charge in [-0.25, -0.2) is 0 Å². The van der Waals surface area contributed by atoms with Crippen molar-refractivity contribution in [2.24, 2.45) is 15.6 Å². The Balaban J connectivity index is 1.98. The molecule has 1 aromatic heterocycles. The number of hydrogen-bond acceptors (Lipinski definition) is 3. The van der Waals surface area contributed by atoms with Gasteiger partial charge in [-0.3, -0.25) is 4.79 Å². The fourth-order valence-electron chi connectivity index (χ4n) is 2.29. The number of amides is 1. The molecule has 1 atom stereocenters. The summed E-state index contributed by atoms with van der Waals surface area (Å²) in [6.45, 7) is 3.64. The maximum absolute atomic E-state index is 12.2. The van der Waals surface area contributed by atoms with Crippen LogP contribution in [0.3, 0.4) is 0 Å². The van der Waals surface area contributed by atoms with E-state index >= 15 is 0 Å². The van der Waals surface area contributed by atoms with Crippen molar-refractivity contribution in [1.29, 1.82) is 0 Å². The highest BCUT2D eigenvalue weighted by Gasteiger charge is 2.67. The van der Waals surface area contributed by atoms with E-state index in [4.69, 9.17) is 11.6 Å². The molecule has 0 saturated heterocycles. The molecule has 8 heteroatoms. The zero-order chi connectivity index (χ0) is 16.3. The molecule has 116 valence electrons. The van der Waals surface area contributed by atoms with Crippen LogP contribution >= 0.6 is 43.5 Å². The summed E-state index contributed by atoms with van der Waals surface area (Å²) in [7, 11) is 0. The fraction of sp³-hybridized carbons (Fsp3) is 0.357. The molecular weight excluding hydrogens is 437 g/mol. The second kappa shape index (κ2) is 5.04. The Labute approximate surface area is 148 Å². The van der Waals surface area contributed by atoms with E-state index in [-0.39, 0.29) is 17.5 Å². The van der Waals surface area contributed by atoms with Crippen LogP contribution in [0.5, 0.6) is 5.88 Å². The van der Waals surface area contributed by atoms with Crippen LogP contribution in [0.25, 0.3) is 10.9 Å². The summed E-state index contributed by atoms with van der Waals surface area (Å²) >= 11 is 12.9. The molecule has 5 nitrogen and oxygen atoms in total. The number of rotatable bonds is 2. The third-order valence-corrected chi connectivity index (χ3v) is 6.81. The first-order valence-corrected chi connectivity index (χ1v) is 8.47. The molecule has 2 aromatic rings. The van der Waals surface area contributed by atoms with Crippen LogP contribution in [-0.4, -0.2) is 19.2 Å². The van der Waals surface area contributed by atoms with E-state index in [2.05, 4.69) is 47.1 Å². The summed E-state index contributed by atoms with van der Waals surface area (Å²) in [5.74, 6) is -0.484. The predicted molar refractivity (Wildman–Crippen MR) is 92.5 cm³/mol. The molecule has 1 amide bonds. The van der Waals surface area contributed by atoms with Gasteiger partial charge in [0, 0.05) is 10.4 Å². The lowest BCUT2D eigenvalue weighted by Crippen LogP contribution is -2.14. The van der Waals surface area contributed by atoms with Crippen molar-refractivity contribution in [3.8, 4) is 5.88 Å². The summed E-state index contributed by atoms with van der Waals surface area (Å²) in [4.78, 5) is 15.0. The van der Waals surface area contributed by atoms with E-state index in [0.29, 0.717) is 22.3 Å². The molecule has 0 radical (unpaired) electrons. The van der Waals surface area contributed by atoms with Crippen molar-refractivity contribution in [1.82, 2.24) is 4.98 Å². The highest BCUT2D eigenvalue weighted by atomic mass is 79.9. The van der Waals surface area contributed by atoms with E-state index < -0.39 is 8.65 Å². The number of aromatic nitrogens is 1. The van der Waals surface area contributed by atoms with Crippen molar-refractivity contribution in [3.05, 3.63) is 22.7 Å². The Hall–Kier alpha value is -0.920. The molecule has 0 bridgehead atoms. The summed E-state index contributed by atoms with van der Waals surface area (Å²) in [5.41, 5.74) is 1.09. The zero-order valence-corrected chi connectivity index (χ0v) is 15.7. The van der Waals surface area contributed by atoms with Crippen LogP contribution in [0, 0.1) is 12.3 Å². The average Bonchev–Trinajstić information content (AvgIpc) is 2.81. The third-order valence-electron chi connectivity index (χ3n) is 4.09. The zero-order valence-electron chi connectivity index (χ0n) is 11.7. The lowest BCUT2D eigenvalue weighted by atomic mass is 10.1. The van der Waals surface area contributed by atoms with Gasteiger partial charge in [0.15, 0.2) is 5.69 Å². The number of carbonyl (C=O) groups is 1. The fourth-order valence-corrected chi connectivity index (χ4v) is 3.91. The second-order valence-electron chi connectivity index (χ2n) is 5.64. The van der Waals surface area contributed by atoms with Crippen molar-refractivity contribution in [3.63, 3.8) is 0 Å². The monoisotopic (exact) mass is 447 g/mol. The second-order valence-corrected chi connectivity index (χ2v) is 9.81. The highest BCUT2D eigenvalue weighted by molar-refractivity contribution is 9.25. The van der Waals surface area contributed by atoms with E-state index in [9.17, 15) is 9.90 Å². The van der Waals surface area contributed by atoms with Crippen LogP contribution in [0.4, 0.5) is 5.69 Å². The number of alkyl halides is 2. The molecule has 0 spiro atoms. The first-order chi connectivity index (χ1) is 10.2. The summed E-state index contributed by atoms with van der Waals surface area (Å²) in [5, 5.41) is 19.0. The van der Waals surface area contributed by atoms with Gasteiger partial charge < -0.3 is 10.1 Å². The number of fused-ring (bicyclic) bond motifs is 1. The quantitative estimate of drug-likeness (QED) is 0.479. The largest absolute Gasteiger partial charge is 0.493 e. The molecule has 1 aliphatic carbocycles. The topological polar surface area (TPSA) is 77.8 Å². The molecule has 3 rings (SSSR count). The minimum absolute atomic E-state index is 0.137. The maximum atomic E-state index is 12.2. The van der Waals surface area contributed by atoms with Gasteiger partial charge in [0.05, 0.1) is 14.2 Å². The lowest BCUT2D eigenvalue weighted by molar-refractivity contribution is -0.122. The number of azo groups is 1. The summed E-state index contributed by atoms with van der Waals surface area (Å²) < 4.78 is -0.421. The molecule has 1 saturated carbocycles. The Morgan fingerprint density at radius 1 is 1.45 bits per heavy atom. The number of nitrogens with zero attached hydrogens (tertiary/aromatic N) is 2. The van der Waals surface area contributed by atoms with Gasteiger partial charge in [-0.1, -0.05) is 43.5 Å². The number of aryl methyl sites for hydroxylation is 1. The molecule has 1 aromatic carbocycles. The molecule has 1 unspecified atom stereocenters. The minimum atomic E-state index is -0.628. The predicted octanol–water partition coefficient (Wildman–Crippen LogP) is 5.34. The Kier molecular flexibility index (Phi) is 3.66. The van der Waals surface area contributed by atoms with Crippen molar-refractivity contribution >= 4 is 66.0 Å². The molecular formula is C14H12Br2ClN3O2. The van der Waals surface area contributed by atoms with Crippen LogP contribution in [0.2, 0.25) is 5.02 Å². The number of aromatic amines is 1. The molecule has 0 aliphatic heterocycles. The van der Waals surface area contributed by atoms with Gasteiger partial charge in [0.1, 0.15) is 0 Å². The SMILES string of the molecule is Cc1c(Cl)ccc2c(N=NC(=O)C3(C)CC3(Br)Br)c(O)[nH]c12. The number of hydrogen-bond donors (Lipinski definition) is 2. The standard InChI is InChI=1S/C14H12Br2ClN3O2/c1-6-8(17)4-3-7-9(6)18-11(21)10(7)19-20-12(22)13(2)5-14(13,15)16/h3-4,18,21H,5H2,1-2H3. The summed E-state index contributed by atoms with van der Waals surface area (Å²) in [6.07, 6.45) is 0.631. The number of benzene rings is 1.